The fraction of sp³-hybridized carbons (Fsp3) is 0.391. The minimum atomic E-state index is 0.264. The number of pyridine rings is 1. The molecule has 4 aromatic rings. The summed E-state index contributed by atoms with van der Waals surface area (Å²) >= 11 is 0. The first-order chi connectivity index (χ1) is 14.3. The van der Waals surface area contributed by atoms with Gasteiger partial charge >= 0.3 is 0 Å². The maximum Gasteiger partial charge on any atom is 0.159 e. The van der Waals surface area contributed by atoms with Crippen molar-refractivity contribution in [2.24, 2.45) is 5.92 Å². The Morgan fingerprint density at radius 1 is 1.07 bits per heavy atom. The van der Waals surface area contributed by atoms with E-state index in [1.165, 1.54) is 16.6 Å². The highest BCUT2D eigenvalue weighted by Gasteiger charge is 2.36. The average Bonchev–Trinajstić information content (AvgIpc) is 3.48. The van der Waals surface area contributed by atoms with E-state index in [4.69, 9.17) is 9.47 Å². The number of nitrogens with one attached hydrogen (secondary N) is 2. The minimum absolute atomic E-state index is 0.264. The van der Waals surface area contributed by atoms with Gasteiger partial charge in [-0.15, -0.1) is 0 Å². The second kappa shape index (κ2) is 7.52. The number of hydrogen-bond acceptors (Lipinski definition) is 4. The molecule has 3 aromatic heterocycles. The maximum atomic E-state index is 6.32. The topological polar surface area (TPSA) is 75.8 Å². The first-order valence-corrected chi connectivity index (χ1v) is 10.3. The van der Waals surface area contributed by atoms with E-state index in [0.717, 1.165) is 41.6 Å². The summed E-state index contributed by atoms with van der Waals surface area (Å²) in [5.41, 5.74) is 4.29. The highest BCUT2D eigenvalue weighted by Crippen LogP contribution is 2.45. The van der Waals surface area contributed by atoms with Crippen LogP contribution in [-0.2, 0) is 11.3 Å². The third kappa shape index (κ3) is 3.27. The number of benzene rings is 1. The number of fused-ring (bicyclic) bond motifs is 3. The van der Waals surface area contributed by atoms with Crippen molar-refractivity contribution in [3.05, 3.63) is 54.0 Å². The number of nitrogens with zero attached hydrogens (tertiary/aromatic N) is 2. The fourth-order valence-corrected chi connectivity index (χ4v) is 4.77. The molecule has 0 saturated heterocycles. The molecule has 5 rings (SSSR count). The summed E-state index contributed by atoms with van der Waals surface area (Å²) in [4.78, 5) is 8.82. The van der Waals surface area contributed by atoms with Crippen LogP contribution in [0.3, 0.4) is 0 Å². The largest absolute Gasteiger partial charge is 0.497 e. The summed E-state index contributed by atoms with van der Waals surface area (Å²) < 4.78 is 11.6. The first kappa shape index (κ1) is 18.2. The average molecular weight is 390 g/mol. The van der Waals surface area contributed by atoms with Gasteiger partial charge in [0.05, 0.1) is 31.5 Å². The van der Waals surface area contributed by atoms with E-state index >= 15 is 0 Å². The summed E-state index contributed by atoms with van der Waals surface area (Å²) in [5, 5.41) is 9.10. The summed E-state index contributed by atoms with van der Waals surface area (Å²) in [5.74, 6) is 1.91. The lowest BCUT2D eigenvalue weighted by Crippen LogP contribution is -2.08. The predicted molar refractivity (Wildman–Crippen MR) is 113 cm³/mol. The van der Waals surface area contributed by atoms with E-state index < -0.39 is 0 Å². The molecule has 1 aliphatic carbocycles. The molecule has 2 N–H and O–H groups in total. The van der Waals surface area contributed by atoms with E-state index in [0.29, 0.717) is 18.4 Å². The van der Waals surface area contributed by atoms with Gasteiger partial charge in [0.15, 0.2) is 5.65 Å². The van der Waals surface area contributed by atoms with Gasteiger partial charge in [0.25, 0.3) is 0 Å². The van der Waals surface area contributed by atoms with Gasteiger partial charge in [-0.2, -0.15) is 0 Å². The molecule has 1 aliphatic rings. The normalized spacial score (nSPS) is 21.9. The lowest BCUT2D eigenvalue weighted by Gasteiger charge is -2.16. The molecule has 0 aliphatic heterocycles. The predicted octanol–water partition coefficient (Wildman–Crippen LogP) is 4.94. The third-order valence-electron chi connectivity index (χ3n) is 6.33. The molecule has 1 fully saturated rings. The number of H-pyrrole nitrogens is 2. The molecule has 0 bridgehead atoms. The Bertz CT molecular complexity index is 1120. The smallest absolute Gasteiger partial charge is 0.159 e. The Morgan fingerprint density at radius 2 is 1.93 bits per heavy atom. The second-order valence-corrected chi connectivity index (χ2v) is 7.92. The van der Waals surface area contributed by atoms with Gasteiger partial charge in [0.2, 0.25) is 0 Å². The van der Waals surface area contributed by atoms with Crippen LogP contribution in [0.15, 0.2) is 42.7 Å². The maximum absolute atomic E-state index is 6.32. The van der Waals surface area contributed by atoms with Crippen LogP contribution >= 0.6 is 0 Å². The van der Waals surface area contributed by atoms with E-state index in [9.17, 15) is 0 Å². The van der Waals surface area contributed by atoms with Gasteiger partial charge in [-0.05, 0) is 42.5 Å². The lowest BCUT2D eigenvalue weighted by molar-refractivity contribution is 0.0423. The van der Waals surface area contributed by atoms with Crippen molar-refractivity contribution in [1.29, 1.82) is 0 Å². The van der Waals surface area contributed by atoms with E-state index in [-0.39, 0.29) is 6.10 Å². The van der Waals surface area contributed by atoms with Crippen LogP contribution in [0, 0.1) is 5.92 Å². The summed E-state index contributed by atoms with van der Waals surface area (Å²) in [6.45, 7) is 2.91. The highest BCUT2D eigenvalue weighted by molar-refractivity contribution is 6.04. The molecular weight excluding hydrogens is 364 g/mol. The molecule has 0 spiro atoms. The van der Waals surface area contributed by atoms with E-state index in [1.54, 1.807) is 7.11 Å². The lowest BCUT2D eigenvalue weighted by atomic mass is 9.89. The molecule has 3 heterocycles. The van der Waals surface area contributed by atoms with Gasteiger partial charge < -0.3 is 14.6 Å². The fourth-order valence-electron chi connectivity index (χ4n) is 4.77. The summed E-state index contributed by atoms with van der Waals surface area (Å²) in [6, 6.07) is 10.2. The van der Waals surface area contributed by atoms with Crippen LogP contribution in [0.5, 0.6) is 5.75 Å². The summed E-state index contributed by atoms with van der Waals surface area (Å²) in [6.07, 6.45) is 7.22. The van der Waals surface area contributed by atoms with Crippen LogP contribution in [0.25, 0.3) is 21.9 Å². The SMILES string of the molecule is CCC1CC(OCc2ccc(OC)cc2)CC1c1[nH][nH]c2cnc3nccc3c12. The van der Waals surface area contributed by atoms with Crippen molar-refractivity contribution in [2.45, 2.75) is 44.8 Å². The van der Waals surface area contributed by atoms with Gasteiger partial charge in [0, 0.05) is 28.6 Å². The molecule has 1 saturated carbocycles. The zero-order chi connectivity index (χ0) is 19.8. The summed E-state index contributed by atoms with van der Waals surface area (Å²) in [7, 11) is 1.69. The third-order valence-corrected chi connectivity index (χ3v) is 6.33. The molecule has 0 amide bonds. The molecule has 150 valence electrons. The molecule has 3 unspecified atom stereocenters. The number of aromatic amines is 2. The molecule has 3 atom stereocenters. The molecule has 6 heteroatoms. The van der Waals surface area contributed by atoms with Gasteiger partial charge in [-0.25, -0.2) is 9.97 Å². The highest BCUT2D eigenvalue weighted by atomic mass is 16.5. The molecule has 6 nitrogen and oxygen atoms in total. The van der Waals surface area contributed by atoms with Crippen molar-refractivity contribution in [1.82, 2.24) is 20.2 Å². The molecule has 1 aromatic carbocycles. The van der Waals surface area contributed by atoms with Gasteiger partial charge in [-0.3, -0.25) is 5.10 Å². The number of aromatic nitrogens is 4. The standard InChI is InChI=1S/C23H26N4O2/c1-3-15-10-17(29-13-14-4-6-16(28-2)7-5-14)11-19(15)22-21-18-8-9-24-23(18)25-12-20(21)26-27-22/h4-9,12,15,17,19,26-27H,3,10-11,13H2,1-2H3. The molecular formula is C23H26N4O2. The van der Waals surface area contributed by atoms with Crippen LogP contribution < -0.4 is 4.74 Å². The van der Waals surface area contributed by atoms with Crippen LogP contribution in [-0.4, -0.2) is 33.4 Å². The number of methoxy groups -OCH3 is 1. The monoisotopic (exact) mass is 390 g/mol. The van der Waals surface area contributed by atoms with Crippen molar-refractivity contribution in [3.8, 4) is 5.75 Å². The van der Waals surface area contributed by atoms with Gasteiger partial charge in [-0.1, -0.05) is 25.5 Å². The van der Waals surface area contributed by atoms with Crippen molar-refractivity contribution >= 4 is 21.9 Å². The Morgan fingerprint density at radius 3 is 2.72 bits per heavy atom. The zero-order valence-corrected chi connectivity index (χ0v) is 16.8. The van der Waals surface area contributed by atoms with Crippen LogP contribution in [0.2, 0.25) is 0 Å². The Balaban J connectivity index is 1.37. The first-order valence-electron chi connectivity index (χ1n) is 10.3. The van der Waals surface area contributed by atoms with E-state index in [1.807, 2.05) is 24.5 Å². The number of rotatable bonds is 6. The van der Waals surface area contributed by atoms with Crippen molar-refractivity contribution < 1.29 is 9.47 Å². The van der Waals surface area contributed by atoms with Crippen molar-refractivity contribution in [2.75, 3.05) is 7.11 Å². The molecule has 0 radical (unpaired) electrons. The Labute approximate surface area is 169 Å². The Kier molecular flexibility index (Phi) is 4.72. The van der Waals surface area contributed by atoms with E-state index in [2.05, 4.69) is 45.3 Å². The van der Waals surface area contributed by atoms with Crippen LogP contribution in [0.4, 0.5) is 0 Å². The number of ether oxygens (including phenoxy) is 2. The molecule has 29 heavy (non-hydrogen) atoms. The number of hydrogen-bond donors (Lipinski definition) is 2. The zero-order valence-electron chi connectivity index (χ0n) is 16.8. The second-order valence-electron chi connectivity index (χ2n) is 7.92. The Hall–Kier alpha value is -2.86. The minimum Gasteiger partial charge on any atom is -0.497 e. The van der Waals surface area contributed by atoms with Gasteiger partial charge in [0.1, 0.15) is 5.75 Å². The quantitative estimate of drug-likeness (QED) is 0.489. The van der Waals surface area contributed by atoms with Crippen LogP contribution in [0.1, 0.15) is 43.4 Å². The van der Waals surface area contributed by atoms with Crippen molar-refractivity contribution in [3.63, 3.8) is 0 Å².